The van der Waals surface area contributed by atoms with Crippen LogP contribution in [0.25, 0.3) is 0 Å². The molecular formula is C15H12FNO4. The number of halogens is 1. The quantitative estimate of drug-likeness (QED) is 0.907. The first-order chi connectivity index (χ1) is 10.0. The second-order valence-corrected chi connectivity index (χ2v) is 4.18. The molecule has 0 saturated heterocycles. The zero-order valence-corrected chi connectivity index (χ0v) is 11.1. The van der Waals surface area contributed by atoms with Crippen molar-refractivity contribution in [2.45, 2.75) is 0 Å². The third-order valence-corrected chi connectivity index (χ3v) is 2.81. The van der Waals surface area contributed by atoms with Gasteiger partial charge in [0, 0.05) is 5.56 Å². The number of carbonyl (C=O) groups is 2. The molecule has 2 N–H and O–H groups in total. The van der Waals surface area contributed by atoms with Crippen LogP contribution in [0.1, 0.15) is 20.7 Å². The monoisotopic (exact) mass is 289 g/mol. The van der Waals surface area contributed by atoms with E-state index in [0.717, 1.165) is 12.1 Å². The Kier molecular flexibility index (Phi) is 4.18. The van der Waals surface area contributed by atoms with Crippen LogP contribution in [-0.2, 0) is 0 Å². The van der Waals surface area contributed by atoms with E-state index in [1.54, 1.807) is 0 Å². The number of nitrogens with one attached hydrogen (secondary N) is 1. The van der Waals surface area contributed by atoms with Gasteiger partial charge in [-0.15, -0.1) is 0 Å². The smallest absolute Gasteiger partial charge is 0.337 e. The van der Waals surface area contributed by atoms with Gasteiger partial charge < -0.3 is 15.2 Å². The first-order valence-corrected chi connectivity index (χ1v) is 5.99. The van der Waals surface area contributed by atoms with E-state index in [2.05, 4.69) is 5.32 Å². The van der Waals surface area contributed by atoms with Gasteiger partial charge in [-0.1, -0.05) is 0 Å². The van der Waals surface area contributed by atoms with Gasteiger partial charge in [-0.05, 0) is 42.5 Å². The number of ether oxygens (including phenoxy) is 1. The molecule has 0 saturated carbocycles. The summed E-state index contributed by atoms with van der Waals surface area (Å²) in [5.41, 5.74) is 0.269. The number of hydrogen-bond donors (Lipinski definition) is 2. The summed E-state index contributed by atoms with van der Waals surface area (Å²) in [6, 6.07) is 9.21. The number of carboxylic acid groups (broad SMARTS) is 1. The van der Waals surface area contributed by atoms with Gasteiger partial charge in [-0.2, -0.15) is 0 Å². The van der Waals surface area contributed by atoms with Crippen molar-refractivity contribution in [2.24, 2.45) is 0 Å². The molecule has 5 nitrogen and oxygen atoms in total. The minimum Gasteiger partial charge on any atom is -0.497 e. The van der Waals surface area contributed by atoms with Gasteiger partial charge in [-0.3, -0.25) is 4.79 Å². The first-order valence-electron chi connectivity index (χ1n) is 5.99. The molecule has 0 bridgehead atoms. The molecule has 2 aromatic carbocycles. The Morgan fingerprint density at radius 1 is 1.14 bits per heavy atom. The average molecular weight is 289 g/mol. The van der Waals surface area contributed by atoms with Gasteiger partial charge in [0.2, 0.25) is 0 Å². The fraction of sp³-hybridized carbons (Fsp3) is 0.0667. The second kappa shape index (κ2) is 6.04. The number of carboxylic acids is 1. The molecule has 0 radical (unpaired) electrons. The van der Waals surface area contributed by atoms with Crippen molar-refractivity contribution in [3.63, 3.8) is 0 Å². The van der Waals surface area contributed by atoms with Gasteiger partial charge in [0.25, 0.3) is 5.91 Å². The Balaban J connectivity index is 2.28. The Morgan fingerprint density at radius 2 is 1.81 bits per heavy atom. The fourth-order valence-electron chi connectivity index (χ4n) is 1.73. The normalized spacial score (nSPS) is 10.0. The Bertz CT molecular complexity index is 683. The van der Waals surface area contributed by atoms with Gasteiger partial charge in [0.1, 0.15) is 11.6 Å². The molecule has 0 unspecified atom stereocenters. The lowest BCUT2D eigenvalue weighted by atomic mass is 10.1. The van der Waals surface area contributed by atoms with Gasteiger partial charge in [-0.25, -0.2) is 9.18 Å². The predicted molar refractivity (Wildman–Crippen MR) is 74.3 cm³/mol. The van der Waals surface area contributed by atoms with E-state index in [9.17, 15) is 14.0 Å². The summed E-state index contributed by atoms with van der Waals surface area (Å²) >= 11 is 0. The Morgan fingerprint density at radius 3 is 2.38 bits per heavy atom. The number of methoxy groups -OCH3 is 1. The number of hydrogen-bond acceptors (Lipinski definition) is 3. The third-order valence-electron chi connectivity index (χ3n) is 2.81. The number of benzene rings is 2. The molecule has 6 heteroatoms. The van der Waals surface area contributed by atoms with Crippen LogP contribution in [-0.4, -0.2) is 24.1 Å². The second-order valence-electron chi connectivity index (χ2n) is 4.18. The third kappa shape index (κ3) is 3.36. The Labute approximate surface area is 120 Å². The lowest BCUT2D eigenvalue weighted by molar-refractivity contribution is 0.0697. The van der Waals surface area contributed by atoms with Crippen LogP contribution in [0.3, 0.4) is 0 Å². The lowest BCUT2D eigenvalue weighted by Gasteiger charge is -2.10. The zero-order chi connectivity index (χ0) is 15.4. The maximum Gasteiger partial charge on any atom is 0.337 e. The van der Waals surface area contributed by atoms with E-state index in [4.69, 9.17) is 9.84 Å². The summed E-state index contributed by atoms with van der Waals surface area (Å²) in [5.74, 6) is -1.81. The van der Waals surface area contributed by atoms with Crippen molar-refractivity contribution in [2.75, 3.05) is 12.4 Å². The zero-order valence-electron chi connectivity index (χ0n) is 11.1. The number of rotatable bonds is 4. The van der Waals surface area contributed by atoms with Gasteiger partial charge in [0.15, 0.2) is 0 Å². The molecule has 0 fully saturated rings. The van der Waals surface area contributed by atoms with Crippen LogP contribution in [0.15, 0.2) is 42.5 Å². The molecule has 108 valence electrons. The van der Waals surface area contributed by atoms with E-state index in [1.807, 2.05) is 0 Å². The largest absolute Gasteiger partial charge is 0.497 e. The number of amides is 1. The van der Waals surface area contributed by atoms with Gasteiger partial charge >= 0.3 is 5.97 Å². The van der Waals surface area contributed by atoms with Crippen molar-refractivity contribution >= 4 is 17.6 Å². The highest BCUT2D eigenvalue weighted by Crippen LogP contribution is 2.22. The standard InChI is InChI=1S/C15H12FNO4/c1-21-11-6-7-13(12(8-11)15(19)20)17-14(18)9-2-4-10(16)5-3-9/h2-8H,1H3,(H,17,18)(H,19,20). The van der Waals surface area contributed by atoms with E-state index < -0.39 is 17.7 Å². The molecule has 0 atom stereocenters. The highest BCUT2D eigenvalue weighted by atomic mass is 19.1. The molecular weight excluding hydrogens is 277 g/mol. The van der Waals surface area contributed by atoms with Crippen molar-refractivity contribution in [1.82, 2.24) is 0 Å². The maximum absolute atomic E-state index is 12.8. The SMILES string of the molecule is COc1ccc(NC(=O)c2ccc(F)cc2)c(C(=O)O)c1. The molecule has 0 aliphatic rings. The summed E-state index contributed by atoms with van der Waals surface area (Å²) in [6.07, 6.45) is 0. The topological polar surface area (TPSA) is 75.6 Å². The average Bonchev–Trinajstić information content (AvgIpc) is 2.48. The summed E-state index contributed by atoms with van der Waals surface area (Å²) in [7, 11) is 1.41. The van der Waals surface area contributed by atoms with Crippen LogP contribution >= 0.6 is 0 Å². The molecule has 2 rings (SSSR count). The number of carbonyl (C=O) groups excluding carboxylic acids is 1. The molecule has 0 heterocycles. The van der Waals surface area contributed by atoms with Gasteiger partial charge in [0.05, 0.1) is 18.4 Å². The molecule has 0 aromatic heterocycles. The molecule has 1 amide bonds. The van der Waals surface area contributed by atoms with Crippen LogP contribution in [0.4, 0.5) is 10.1 Å². The molecule has 2 aromatic rings. The van der Waals surface area contributed by atoms with E-state index in [1.165, 1.54) is 37.4 Å². The molecule has 0 aliphatic carbocycles. The minimum absolute atomic E-state index is 0.0928. The van der Waals surface area contributed by atoms with Crippen molar-refractivity contribution in [1.29, 1.82) is 0 Å². The summed E-state index contributed by atoms with van der Waals surface area (Å²) < 4.78 is 17.8. The van der Waals surface area contributed by atoms with E-state index in [0.29, 0.717) is 5.75 Å². The predicted octanol–water partition coefficient (Wildman–Crippen LogP) is 2.78. The maximum atomic E-state index is 12.8. The molecule has 0 aliphatic heterocycles. The van der Waals surface area contributed by atoms with Crippen LogP contribution in [0.5, 0.6) is 5.75 Å². The highest BCUT2D eigenvalue weighted by molar-refractivity contribution is 6.07. The minimum atomic E-state index is -1.19. The van der Waals surface area contributed by atoms with Crippen molar-refractivity contribution < 1.29 is 23.8 Å². The number of aromatic carboxylic acids is 1. The number of anilines is 1. The molecule has 0 spiro atoms. The summed E-state index contributed by atoms with van der Waals surface area (Å²) in [5, 5.41) is 11.6. The van der Waals surface area contributed by atoms with E-state index >= 15 is 0 Å². The van der Waals surface area contributed by atoms with Crippen molar-refractivity contribution in [3.8, 4) is 5.75 Å². The Hall–Kier alpha value is -2.89. The highest BCUT2D eigenvalue weighted by Gasteiger charge is 2.14. The van der Waals surface area contributed by atoms with Crippen LogP contribution in [0.2, 0.25) is 0 Å². The lowest BCUT2D eigenvalue weighted by Crippen LogP contribution is -2.14. The summed E-state index contributed by atoms with van der Waals surface area (Å²) in [6.45, 7) is 0. The van der Waals surface area contributed by atoms with E-state index in [-0.39, 0.29) is 16.8 Å². The first kappa shape index (κ1) is 14.5. The summed E-state index contributed by atoms with van der Waals surface area (Å²) in [4.78, 5) is 23.2. The van der Waals surface area contributed by atoms with Crippen LogP contribution in [0, 0.1) is 5.82 Å². The van der Waals surface area contributed by atoms with Crippen molar-refractivity contribution in [3.05, 3.63) is 59.4 Å². The van der Waals surface area contributed by atoms with Crippen LogP contribution < -0.4 is 10.1 Å². The fourth-order valence-corrected chi connectivity index (χ4v) is 1.73. The molecule has 21 heavy (non-hydrogen) atoms.